The molecular weight excluding hydrogens is 625 g/mol. The molecule has 0 fully saturated rings. The molecule has 2 aliphatic heterocycles. The van der Waals surface area contributed by atoms with Gasteiger partial charge in [-0.25, -0.2) is 8.78 Å². The van der Waals surface area contributed by atoms with Gasteiger partial charge in [0.1, 0.15) is 24.0 Å². The van der Waals surface area contributed by atoms with Crippen molar-refractivity contribution in [3.8, 4) is 0 Å². The zero-order chi connectivity index (χ0) is 33.6. The maximum atomic E-state index is 14.0. The quantitative estimate of drug-likeness (QED) is 0.216. The van der Waals surface area contributed by atoms with Crippen molar-refractivity contribution in [2.75, 3.05) is 21.7 Å². The molecule has 0 aliphatic carbocycles. The Morgan fingerprint density at radius 1 is 0.978 bits per heavy atom. The van der Waals surface area contributed by atoms with E-state index in [1.165, 1.54) is 42.2 Å². The maximum Gasteiger partial charge on any atom is 0.416 e. The van der Waals surface area contributed by atoms with Crippen molar-refractivity contribution in [1.82, 2.24) is 5.32 Å². The minimum Gasteiger partial charge on any atom is -0.381 e. The van der Waals surface area contributed by atoms with Crippen molar-refractivity contribution < 1.29 is 35.1 Å². The van der Waals surface area contributed by atoms with Gasteiger partial charge in [0.05, 0.1) is 32.6 Å². The van der Waals surface area contributed by atoms with Gasteiger partial charge in [-0.2, -0.15) is 26.3 Å². The molecule has 5 rings (SSSR count). The molecule has 3 aromatic rings. The van der Waals surface area contributed by atoms with Gasteiger partial charge in [-0.1, -0.05) is 38.3 Å². The summed E-state index contributed by atoms with van der Waals surface area (Å²) in [4.78, 5) is 2.16. The molecule has 0 amide bonds. The van der Waals surface area contributed by atoms with Crippen LogP contribution < -0.4 is 20.4 Å². The van der Waals surface area contributed by atoms with Crippen LogP contribution in [-0.4, -0.2) is 33.8 Å². The van der Waals surface area contributed by atoms with E-state index in [-0.39, 0.29) is 46.5 Å². The van der Waals surface area contributed by atoms with Gasteiger partial charge in [-0.3, -0.25) is 0 Å². The van der Waals surface area contributed by atoms with E-state index in [1.54, 1.807) is 0 Å². The first-order valence-corrected chi connectivity index (χ1v) is 13.3. The minimum atomic E-state index is -4.80. The second kappa shape index (κ2) is 12.0. The van der Waals surface area contributed by atoms with Gasteiger partial charge in [-0.05, 0) is 53.9 Å². The van der Waals surface area contributed by atoms with Crippen LogP contribution >= 0.6 is 11.6 Å². The summed E-state index contributed by atoms with van der Waals surface area (Å²) in [7, 11) is 12.2. The van der Waals surface area contributed by atoms with E-state index < -0.39 is 35.6 Å². The van der Waals surface area contributed by atoms with E-state index in [0.717, 1.165) is 17.0 Å². The Labute approximate surface area is 261 Å². The second-order valence-corrected chi connectivity index (χ2v) is 10.9. The Bertz CT molecular complexity index is 1640. The Morgan fingerprint density at radius 2 is 1.60 bits per heavy atom. The van der Waals surface area contributed by atoms with E-state index in [0.29, 0.717) is 27.9 Å². The van der Waals surface area contributed by atoms with Gasteiger partial charge >= 0.3 is 12.4 Å². The molecule has 15 heteroatoms. The molecule has 0 saturated heterocycles. The van der Waals surface area contributed by atoms with Crippen LogP contribution in [0.5, 0.6) is 0 Å². The summed E-state index contributed by atoms with van der Waals surface area (Å²) in [6.45, 7) is 11.6. The van der Waals surface area contributed by atoms with E-state index in [4.69, 9.17) is 27.3 Å². The molecule has 0 unspecified atom stereocenters. The van der Waals surface area contributed by atoms with E-state index in [1.807, 2.05) is 0 Å². The van der Waals surface area contributed by atoms with Crippen LogP contribution in [0.1, 0.15) is 29.2 Å². The first-order valence-electron chi connectivity index (χ1n) is 13.0. The molecule has 0 aromatic heterocycles. The lowest BCUT2D eigenvalue weighted by atomic mass is 9.62. The monoisotopic (exact) mass is 648 g/mol. The number of halogens is 9. The van der Waals surface area contributed by atoms with Crippen LogP contribution in [-0.2, 0) is 12.7 Å². The highest BCUT2D eigenvalue weighted by atomic mass is 35.5. The highest BCUT2D eigenvalue weighted by Gasteiger charge is 2.44. The van der Waals surface area contributed by atoms with Crippen molar-refractivity contribution in [3.63, 3.8) is 0 Å². The summed E-state index contributed by atoms with van der Waals surface area (Å²) in [5.74, 6) is -1.51. The standard InChI is InChI=1S/C24H19B2F7N4.C6H4ClF/c1-11(14-5-15(24(31,32)33)7-16(27)6-14)35-18-8-19-21(20-12(2)34-9-17(18)20)37(22(4,25)26)13(3)36(19)10-23(28,29)30;7-5-1-3-6(8)4-2-5/h5-8,34-35H,1-3,9-10H2,4H3;1-4H. The minimum absolute atomic E-state index is 0.0403. The predicted octanol–water partition coefficient (Wildman–Crippen LogP) is 8.15. The lowest BCUT2D eigenvalue weighted by Crippen LogP contribution is -2.48. The fourth-order valence-corrected chi connectivity index (χ4v) is 5.01. The lowest BCUT2D eigenvalue weighted by Gasteiger charge is -2.37. The molecule has 2 N–H and O–H groups in total. The van der Waals surface area contributed by atoms with Gasteiger partial charge in [0.15, 0.2) is 0 Å². The lowest BCUT2D eigenvalue weighted by molar-refractivity contribution is -0.137. The van der Waals surface area contributed by atoms with Gasteiger partial charge in [0.2, 0.25) is 0 Å². The summed E-state index contributed by atoms with van der Waals surface area (Å²) >= 11 is 5.44. The zero-order valence-electron chi connectivity index (χ0n) is 23.6. The molecular formula is C30H23B2ClF8N4. The van der Waals surface area contributed by atoms with Crippen LogP contribution in [0.3, 0.4) is 0 Å². The third-order valence-corrected chi connectivity index (χ3v) is 6.99. The predicted molar refractivity (Wildman–Crippen MR) is 163 cm³/mol. The van der Waals surface area contributed by atoms with Crippen molar-refractivity contribution in [1.29, 1.82) is 0 Å². The van der Waals surface area contributed by atoms with Crippen molar-refractivity contribution in [3.05, 3.63) is 113 Å². The third kappa shape index (κ3) is 7.43. The molecule has 4 nitrogen and oxygen atoms in total. The van der Waals surface area contributed by atoms with Gasteiger partial charge < -0.3 is 20.4 Å². The fraction of sp³-hybridized carbons (Fsp3) is 0.200. The summed E-state index contributed by atoms with van der Waals surface area (Å²) in [6.07, 6.45) is -9.43. The number of hydrogen-bond donors (Lipinski definition) is 2. The largest absolute Gasteiger partial charge is 0.416 e. The summed E-state index contributed by atoms with van der Waals surface area (Å²) < 4.78 is 106. The number of anilines is 3. The number of alkyl halides is 6. The molecule has 45 heavy (non-hydrogen) atoms. The maximum absolute atomic E-state index is 14.0. The smallest absolute Gasteiger partial charge is 0.381 e. The average molecular weight is 649 g/mol. The zero-order valence-corrected chi connectivity index (χ0v) is 24.4. The molecule has 3 aromatic carbocycles. The Morgan fingerprint density at radius 3 is 2.13 bits per heavy atom. The molecule has 2 heterocycles. The third-order valence-electron chi connectivity index (χ3n) is 6.73. The number of nitrogens with one attached hydrogen (secondary N) is 2. The molecule has 2 aliphatic rings. The molecule has 0 spiro atoms. The van der Waals surface area contributed by atoms with Crippen LogP contribution in [0, 0.1) is 11.6 Å². The molecule has 0 bridgehead atoms. The van der Waals surface area contributed by atoms with Gasteiger partial charge in [0.25, 0.3) is 0 Å². The fourth-order valence-electron chi connectivity index (χ4n) is 4.89. The second-order valence-electron chi connectivity index (χ2n) is 10.4. The molecule has 0 saturated carbocycles. The Kier molecular flexibility index (Phi) is 9.05. The number of hydrogen-bond acceptors (Lipinski definition) is 4. The highest BCUT2D eigenvalue weighted by molar-refractivity contribution is 6.42. The first kappa shape index (κ1) is 33.8. The number of rotatable bonds is 5. The van der Waals surface area contributed by atoms with Crippen molar-refractivity contribution in [2.24, 2.45) is 0 Å². The molecule has 232 valence electrons. The van der Waals surface area contributed by atoms with Crippen LogP contribution in [0.25, 0.3) is 11.4 Å². The van der Waals surface area contributed by atoms with Crippen molar-refractivity contribution in [2.45, 2.75) is 31.2 Å². The van der Waals surface area contributed by atoms with Crippen LogP contribution in [0.2, 0.25) is 5.02 Å². The van der Waals surface area contributed by atoms with Crippen LogP contribution in [0.15, 0.2) is 74.1 Å². The first-order chi connectivity index (χ1) is 20.7. The Hall–Kier alpha value is -4.06. The Balaban J connectivity index is 0.000000501. The molecule has 4 radical (unpaired) electrons. The number of nitrogens with zero attached hydrogens (tertiary/aromatic N) is 2. The highest BCUT2D eigenvalue weighted by Crippen LogP contribution is 2.53. The van der Waals surface area contributed by atoms with Gasteiger partial charge in [0, 0.05) is 45.3 Å². The summed E-state index contributed by atoms with van der Waals surface area (Å²) in [5, 5.41) is 4.76. The van der Waals surface area contributed by atoms with E-state index in [2.05, 4.69) is 30.4 Å². The topological polar surface area (TPSA) is 30.5 Å². The SMILES string of the molecule is Fc1ccc(Cl)cc1.[B]C([B])(C)N1C(=C)N(CC(F)(F)F)c2cc(NC(=C)c3cc(F)cc(C(F)(F)F)c3)c3c(c21)C(=C)NC3. The number of fused-ring (bicyclic) bond motifs is 3. The molecule has 0 atom stereocenters. The van der Waals surface area contributed by atoms with Crippen LogP contribution in [0.4, 0.5) is 52.2 Å². The normalized spacial score (nSPS) is 14.4. The average Bonchev–Trinajstić information content (AvgIpc) is 3.42. The van der Waals surface area contributed by atoms with E-state index >= 15 is 0 Å². The van der Waals surface area contributed by atoms with Crippen molar-refractivity contribution >= 4 is 55.7 Å². The summed E-state index contributed by atoms with van der Waals surface area (Å²) in [6, 6.07) is 8.97. The van der Waals surface area contributed by atoms with E-state index in [9.17, 15) is 35.1 Å². The number of benzene rings is 3. The summed E-state index contributed by atoms with van der Waals surface area (Å²) in [5.41, 5.74) is 0.273. The van der Waals surface area contributed by atoms with Gasteiger partial charge in [-0.15, -0.1) is 0 Å².